The molecule has 6 nitrogen and oxygen atoms in total. The van der Waals surface area contributed by atoms with E-state index in [2.05, 4.69) is 9.69 Å². The van der Waals surface area contributed by atoms with Gasteiger partial charge in [-0.25, -0.2) is 9.59 Å². The summed E-state index contributed by atoms with van der Waals surface area (Å²) in [5.41, 5.74) is 1.50. The van der Waals surface area contributed by atoms with Crippen LogP contribution in [0.25, 0.3) is 0 Å². The van der Waals surface area contributed by atoms with Gasteiger partial charge in [-0.2, -0.15) is 4.37 Å². The first-order valence-corrected chi connectivity index (χ1v) is 7.98. The van der Waals surface area contributed by atoms with Gasteiger partial charge in [-0.05, 0) is 37.0 Å². The maximum atomic E-state index is 11.8. The smallest absolute Gasteiger partial charge is 0.407 e. The number of esters is 1. The lowest BCUT2D eigenvalue weighted by Gasteiger charge is -2.11. The van der Waals surface area contributed by atoms with Crippen molar-refractivity contribution < 1.29 is 19.1 Å². The molecular weight excluding hydrogens is 316 g/mol. The third-order valence-corrected chi connectivity index (χ3v) is 3.78. The number of nitrogens with one attached hydrogen (secondary N) is 1. The Labute approximate surface area is 138 Å². The molecule has 0 radical (unpaired) electrons. The predicted molar refractivity (Wildman–Crippen MR) is 86.2 cm³/mol. The van der Waals surface area contributed by atoms with E-state index in [1.54, 1.807) is 19.9 Å². The molecule has 2 aromatic rings. The van der Waals surface area contributed by atoms with Gasteiger partial charge in [0.2, 0.25) is 0 Å². The topological polar surface area (TPSA) is 77.5 Å². The van der Waals surface area contributed by atoms with E-state index in [-0.39, 0.29) is 12.6 Å². The molecule has 0 aliphatic heterocycles. The summed E-state index contributed by atoms with van der Waals surface area (Å²) < 4.78 is 14.2. The Balaban J connectivity index is 1.85. The van der Waals surface area contributed by atoms with Crippen LogP contribution in [0.5, 0.6) is 0 Å². The summed E-state index contributed by atoms with van der Waals surface area (Å²) in [6.45, 7) is 4.02. The molecule has 0 saturated heterocycles. The highest BCUT2D eigenvalue weighted by atomic mass is 32.1. The van der Waals surface area contributed by atoms with Crippen LogP contribution in [0.15, 0.2) is 36.4 Å². The van der Waals surface area contributed by atoms with Crippen molar-refractivity contribution >= 4 is 23.6 Å². The number of rotatable bonds is 6. The molecule has 1 heterocycles. The van der Waals surface area contributed by atoms with E-state index in [4.69, 9.17) is 9.47 Å². The molecular formula is C16H18N2O4S. The number of hydrogen-bond donors (Lipinski definition) is 1. The second kappa shape index (κ2) is 8.28. The normalized spacial score (nSPS) is 11.6. The molecule has 0 saturated carbocycles. The lowest BCUT2D eigenvalue weighted by molar-refractivity contribution is 0.0532. The van der Waals surface area contributed by atoms with Crippen molar-refractivity contribution in [1.29, 1.82) is 0 Å². The van der Waals surface area contributed by atoms with Crippen LogP contribution in [0.2, 0.25) is 0 Å². The molecule has 1 aromatic carbocycles. The van der Waals surface area contributed by atoms with E-state index in [0.717, 1.165) is 17.1 Å². The highest BCUT2D eigenvalue weighted by Gasteiger charge is 2.17. The second-order valence-corrected chi connectivity index (χ2v) is 5.57. The largest absolute Gasteiger partial charge is 0.462 e. The summed E-state index contributed by atoms with van der Waals surface area (Å²) in [4.78, 5) is 23.8. The summed E-state index contributed by atoms with van der Waals surface area (Å²) >= 11 is 1.05. The molecule has 0 aliphatic carbocycles. The van der Waals surface area contributed by atoms with E-state index in [1.165, 1.54) is 0 Å². The zero-order chi connectivity index (χ0) is 16.7. The Hall–Kier alpha value is -2.41. The van der Waals surface area contributed by atoms with Crippen molar-refractivity contribution in [2.75, 3.05) is 6.61 Å². The summed E-state index contributed by atoms with van der Waals surface area (Å²) in [7, 11) is 0. The molecule has 1 amide bonds. The standard InChI is InChI=1S/C16H18N2O4S/c1-3-21-15(19)14-9-13(18-23-14)11(2)17-16(20)22-10-12-7-5-4-6-8-12/h4-9,11H,3,10H2,1-2H3,(H,17,20)/t11-/m1/s1. The Bertz CT molecular complexity index is 657. The van der Waals surface area contributed by atoms with Gasteiger partial charge in [-0.15, -0.1) is 0 Å². The van der Waals surface area contributed by atoms with Gasteiger partial charge in [-0.1, -0.05) is 30.3 Å². The van der Waals surface area contributed by atoms with Crippen LogP contribution < -0.4 is 5.32 Å². The zero-order valence-electron chi connectivity index (χ0n) is 12.9. The van der Waals surface area contributed by atoms with Gasteiger partial charge < -0.3 is 14.8 Å². The lowest BCUT2D eigenvalue weighted by atomic mass is 10.2. The van der Waals surface area contributed by atoms with Gasteiger partial charge in [0.1, 0.15) is 11.5 Å². The van der Waals surface area contributed by atoms with Crippen molar-refractivity contribution in [2.24, 2.45) is 0 Å². The third kappa shape index (κ3) is 5.07. The third-order valence-electron chi connectivity index (χ3n) is 3.00. The van der Waals surface area contributed by atoms with Crippen LogP contribution in [-0.2, 0) is 16.1 Å². The first kappa shape index (κ1) is 17.0. The molecule has 0 fully saturated rings. The highest BCUT2D eigenvalue weighted by Crippen LogP contribution is 2.18. The fourth-order valence-electron chi connectivity index (χ4n) is 1.81. The number of benzene rings is 1. The van der Waals surface area contributed by atoms with Crippen LogP contribution in [0, 0.1) is 0 Å². The van der Waals surface area contributed by atoms with Gasteiger partial charge in [0.05, 0.1) is 18.3 Å². The second-order valence-electron chi connectivity index (χ2n) is 4.76. The van der Waals surface area contributed by atoms with Crippen molar-refractivity contribution in [3.63, 3.8) is 0 Å². The van der Waals surface area contributed by atoms with E-state index in [9.17, 15) is 9.59 Å². The predicted octanol–water partition coefficient (Wildman–Crippen LogP) is 3.31. The molecule has 0 unspecified atom stereocenters. The molecule has 1 aromatic heterocycles. The molecule has 122 valence electrons. The summed E-state index contributed by atoms with van der Waals surface area (Å²) in [6.07, 6.45) is -0.535. The summed E-state index contributed by atoms with van der Waals surface area (Å²) in [6, 6.07) is 10.7. The molecule has 0 bridgehead atoms. The number of hydrogen-bond acceptors (Lipinski definition) is 6. The quantitative estimate of drug-likeness (QED) is 0.820. The van der Waals surface area contributed by atoms with Gasteiger partial charge in [-0.3, -0.25) is 0 Å². The van der Waals surface area contributed by atoms with Crippen molar-refractivity contribution in [2.45, 2.75) is 26.5 Å². The number of carbonyl (C=O) groups excluding carboxylic acids is 2. The molecule has 1 atom stereocenters. The minimum absolute atomic E-state index is 0.199. The van der Waals surface area contributed by atoms with Crippen LogP contribution in [0.4, 0.5) is 4.79 Å². The number of carbonyl (C=O) groups is 2. The van der Waals surface area contributed by atoms with Gasteiger partial charge in [0, 0.05) is 0 Å². The van der Waals surface area contributed by atoms with Crippen LogP contribution in [-0.4, -0.2) is 23.0 Å². The van der Waals surface area contributed by atoms with Gasteiger partial charge >= 0.3 is 12.1 Å². The lowest BCUT2D eigenvalue weighted by Crippen LogP contribution is -2.27. The maximum Gasteiger partial charge on any atom is 0.407 e. The Morgan fingerprint density at radius 3 is 2.70 bits per heavy atom. The highest BCUT2D eigenvalue weighted by molar-refractivity contribution is 7.08. The molecule has 2 rings (SSSR count). The molecule has 23 heavy (non-hydrogen) atoms. The van der Waals surface area contributed by atoms with Crippen molar-refractivity contribution in [1.82, 2.24) is 9.69 Å². The monoisotopic (exact) mass is 334 g/mol. The summed E-state index contributed by atoms with van der Waals surface area (Å²) in [5, 5.41) is 2.68. The average molecular weight is 334 g/mol. The molecule has 7 heteroatoms. The fraction of sp³-hybridized carbons (Fsp3) is 0.312. The van der Waals surface area contributed by atoms with E-state index in [1.807, 2.05) is 30.3 Å². The number of amides is 1. The Morgan fingerprint density at radius 2 is 2.00 bits per heavy atom. The van der Waals surface area contributed by atoms with Crippen molar-refractivity contribution in [3.05, 3.63) is 52.5 Å². The van der Waals surface area contributed by atoms with E-state index < -0.39 is 12.1 Å². The minimum Gasteiger partial charge on any atom is -0.462 e. The number of alkyl carbamates (subject to hydrolysis) is 1. The van der Waals surface area contributed by atoms with Crippen molar-refractivity contribution in [3.8, 4) is 0 Å². The number of nitrogens with zero attached hydrogens (tertiary/aromatic N) is 1. The van der Waals surface area contributed by atoms with Crippen LogP contribution in [0.1, 0.15) is 40.8 Å². The summed E-state index contributed by atoms with van der Waals surface area (Å²) in [5.74, 6) is -0.407. The fourth-order valence-corrected chi connectivity index (χ4v) is 2.53. The van der Waals surface area contributed by atoms with E-state index >= 15 is 0 Å². The Kier molecular flexibility index (Phi) is 6.10. The first-order valence-electron chi connectivity index (χ1n) is 7.21. The molecule has 0 aliphatic rings. The maximum absolute atomic E-state index is 11.8. The Morgan fingerprint density at radius 1 is 1.26 bits per heavy atom. The number of aromatic nitrogens is 1. The van der Waals surface area contributed by atoms with Gasteiger partial charge in [0.25, 0.3) is 0 Å². The zero-order valence-corrected chi connectivity index (χ0v) is 13.8. The average Bonchev–Trinajstić information content (AvgIpc) is 3.04. The first-order chi connectivity index (χ1) is 11.1. The SMILES string of the molecule is CCOC(=O)c1cc([C@@H](C)NC(=O)OCc2ccccc2)ns1. The molecule has 1 N–H and O–H groups in total. The van der Waals surface area contributed by atoms with E-state index in [0.29, 0.717) is 17.2 Å². The molecule has 0 spiro atoms. The van der Waals surface area contributed by atoms with Crippen LogP contribution in [0.3, 0.4) is 0 Å². The minimum atomic E-state index is -0.535. The van der Waals surface area contributed by atoms with Crippen LogP contribution >= 0.6 is 11.5 Å². The number of ether oxygens (including phenoxy) is 2. The van der Waals surface area contributed by atoms with Gasteiger partial charge in [0.15, 0.2) is 0 Å².